The van der Waals surface area contributed by atoms with Crippen molar-refractivity contribution in [2.75, 3.05) is 13.1 Å². The van der Waals surface area contributed by atoms with Gasteiger partial charge in [0, 0.05) is 43.2 Å². The molecule has 0 bridgehead atoms. The summed E-state index contributed by atoms with van der Waals surface area (Å²) >= 11 is 0. The Morgan fingerprint density at radius 3 is 2.90 bits per heavy atom. The van der Waals surface area contributed by atoms with Gasteiger partial charge in [0.1, 0.15) is 5.75 Å². The molecule has 21 heavy (non-hydrogen) atoms. The molecule has 0 amide bonds. The average Bonchev–Trinajstić information content (AvgIpc) is 2.86. The predicted octanol–water partition coefficient (Wildman–Crippen LogP) is 2.98. The highest BCUT2D eigenvalue weighted by molar-refractivity contribution is 5.91. The molecule has 1 aliphatic rings. The molecular weight excluding hydrogens is 264 g/mol. The van der Waals surface area contributed by atoms with E-state index in [1.807, 2.05) is 24.4 Å². The topological polar surface area (TPSA) is 45.3 Å². The maximum absolute atomic E-state index is 11.3. The van der Waals surface area contributed by atoms with Crippen LogP contribution >= 0.6 is 0 Å². The van der Waals surface area contributed by atoms with Crippen molar-refractivity contribution in [1.29, 1.82) is 0 Å². The summed E-state index contributed by atoms with van der Waals surface area (Å²) in [7, 11) is 0. The standard InChI is InChI=1S/C17H22N2O2/c1-11-10-19(12(11)2)8-7-14-9-18-15-5-4-6-16(17(14)15)21-13(3)20/h4-6,9,11-12,18H,7-8,10H2,1-3H3. The molecule has 112 valence electrons. The molecule has 2 heterocycles. The summed E-state index contributed by atoms with van der Waals surface area (Å²) in [6, 6.07) is 6.44. The molecule has 0 spiro atoms. The largest absolute Gasteiger partial charge is 0.426 e. The van der Waals surface area contributed by atoms with E-state index in [1.165, 1.54) is 19.0 Å². The number of carbonyl (C=O) groups is 1. The van der Waals surface area contributed by atoms with Crippen molar-refractivity contribution in [2.45, 2.75) is 33.2 Å². The van der Waals surface area contributed by atoms with Crippen LogP contribution in [0.5, 0.6) is 5.75 Å². The van der Waals surface area contributed by atoms with Gasteiger partial charge in [-0.2, -0.15) is 0 Å². The zero-order chi connectivity index (χ0) is 15.0. The van der Waals surface area contributed by atoms with Crippen LogP contribution in [0.25, 0.3) is 10.9 Å². The highest BCUT2D eigenvalue weighted by atomic mass is 16.5. The zero-order valence-electron chi connectivity index (χ0n) is 12.8. The summed E-state index contributed by atoms with van der Waals surface area (Å²) in [6.07, 6.45) is 3.00. The predicted molar refractivity (Wildman–Crippen MR) is 83.5 cm³/mol. The average molecular weight is 286 g/mol. The van der Waals surface area contributed by atoms with E-state index in [4.69, 9.17) is 4.74 Å². The SMILES string of the molecule is CC(=O)Oc1cccc2[nH]cc(CCN3CC(C)C3C)c12. The number of aromatic amines is 1. The fourth-order valence-corrected chi connectivity index (χ4v) is 3.13. The first kappa shape index (κ1) is 14.1. The van der Waals surface area contributed by atoms with Gasteiger partial charge in [-0.05, 0) is 37.0 Å². The van der Waals surface area contributed by atoms with Gasteiger partial charge in [-0.25, -0.2) is 0 Å². The fraction of sp³-hybridized carbons (Fsp3) is 0.471. The summed E-state index contributed by atoms with van der Waals surface area (Å²) in [5.74, 6) is 1.17. The number of nitrogens with zero attached hydrogens (tertiary/aromatic N) is 1. The Morgan fingerprint density at radius 1 is 1.43 bits per heavy atom. The molecule has 4 heteroatoms. The number of hydrogen-bond donors (Lipinski definition) is 1. The number of rotatable bonds is 4. The van der Waals surface area contributed by atoms with E-state index in [0.29, 0.717) is 11.8 Å². The second kappa shape index (κ2) is 5.53. The third-order valence-corrected chi connectivity index (χ3v) is 4.59. The summed E-state index contributed by atoms with van der Waals surface area (Å²) in [4.78, 5) is 17.0. The van der Waals surface area contributed by atoms with Gasteiger partial charge < -0.3 is 9.72 Å². The van der Waals surface area contributed by atoms with Crippen molar-refractivity contribution in [3.05, 3.63) is 30.0 Å². The molecule has 3 rings (SSSR count). The third-order valence-electron chi connectivity index (χ3n) is 4.59. The molecule has 1 aliphatic heterocycles. The molecule has 2 unspecified atom stereocenters. The van der Waals surface area contributed by atoms with E-state index in [-0.39, 0.29) is 5.97 Å². The third kappa shape index (κ3) is 2.68. The molecule has 0 radical (unpaired) electrons. The van der Waals surface area contributed by atoms with Gasteiger partial charge in [0.15, 0.2) is 0 Å². The molecule has 0 saturated carbocycles. The number of nitrogens with one attached hydrogen (secondary N) is 1. The summed E-state index contributed by atoms with van der Waals surface area (Å²) in [6.45, 7) is 8.25. The molecule has 1 aromatic carbocycles. The monoisotopic (exact) mass is 286 g/mol. The van der Waals surface area contributed by atoms with Gasteiger partial charge >= 0.3 is 5.97 Å². The van der Waals surface area contributed by atoms with E-state index in [1.54, 1.807) is 0 Å². The van der Waals surface area contributed by atoms with Gasteiger partial charge in [0.05, 0.1) is 0 Å². The zero-order valence-corrected chi connectivity index (χ0v) is 12.8. The van der Waals surface area contributed by atoms with Crippen molar-refractivity contribution in [2.24, 2.45) is 5.92 Å². The smallest absolute Gasteiger partial charge is 0.308 e. The summed E-state index contributed by atoms with van der Waals surface area (Å²) in [5.41, 5.74) is 2.24. The van der Waals surface area contributed by atoms with Crippen LogP contribution in [0, 0.1) is 5.92 Å². The van der Waals surface area contributed by atoms with Crippen molar-refractivity contribution < 1.29 is 9.53 Å². The van der Waals surface area contributed by atoms with Gasteiger partial charge in [0.2, 0.25) is 0 Å². The number of H-pyrrole nitrogens is 1. The second-order valence-corrected chi connectivity index (χ2v) is 6.05. The lowest BCUT2D eigenvalue weighted by Gasteiger charge is -2.45. The number of fused-ring (bicyclic) bond motifs is 1. The highest BCUT2D eigenvalue weighted by Gasteiger charge is 2.31. The molecule has 2 atom stereocenters. The van der Waals surface area contributed by atoms with Crippen LogP contribution in [0.1, 0.15) is 26.3 Å². The lowest BCUT2D eigenvalue weighted by atomic mass is 9.91. The number of ether oxygens (including phenoxy) is 1. The van der Waals surface area contributed by atoms with Gasteiger partial charge in [-0.15, -0.1) is 0 Å². The van der Waals surface area contributed by atoms with Crippen LogP contribution in [-0.2, 0) is 11.2 Å². The van der Waals surface area contributed by atoms with E-state index in [0.717, 1.165) is 29.8 Å². The summed E-state index contributed by atoms with van der Waals surface area (Å²) in [5, 5.41) is 1.04. The summed E-state index contributed by atoms with van der Waals surface area (Å²) < 4.78 is 5.34. The lowest BCUT2D eigenvalue weighted by molar-refractivity contribution is -0.131. The molecule has 1 fully saturated rings. The van der Waals surface area contributed by atoms with Crippen molar-refractivity contribution in [3.63, 3.8) is 0 Å². The molecular formula is C17H22N2O2. The van der Waals surface area contributed by atoms with Crippen LogP contribution in [0.2, 0.25) is 0 Å². The van der Waals surface area contributed by atoms with Crippen LogP contribution in [0.3, 0.4) is 0 Å². The van der Waals surface area contributed by atoms with Gasteiger partial charge in [-0.3, -0.25) is 9.69 Å². The van der Waals surface area contributed by atoms with E-state index in [2.05, 4.69) is 23.7 Å². The maximum atomic E-state index is 11.3. The lowest BCUT2D eigenvalue weighted by Crippen LogP contribution is -2.53. The number of aromatic nitrogens is 1. The fourth-order valence-electron chi connectivity index (χ4n) is 3.13. The van der Waals surface area contributed by atoms with Crippen molar-refractivity contribution in [1.82, 2.24) is 9.88 Å². The molecule has 2 aromatic rings. The Bertz CT molecular complexity index is 662. The van der Waals surface area contributed by atoms with Crippen LogP contribution < -0.4 is 4.74 Å². The van der Waals surface area contributed by atoms with Crippen molar-refractivity contribution >= 4 is 16.9 Å². The Labute approximate surface area is 125 Å². The minimum atomic E-state index is -0.278. The first-order valence-corrected chi connectivity index (χ1v) is 7.57. The second-order valence-electron chi connectivity index (χ2n) is 6.05. The van der Waals surface area contributed by atoms with E-state index >= 15 is 0 Å². The Morgan fingerprint density at radius 2 is 2.24 bits per heavy atom. The van der Waals surface area contributed by atoms with E-state index < -0.39 is 0 Å². The first-order chi connectivity index (χ1) is 10.1. The number of esters is 1. The Balaban J connectivity index is 1.80. The van der Waals surface area contributed by atoms with Crippen LogP contribution in [-0.4, -0.2) is 35.0 Å². The molecule has 1 saturated heterocycles. The number of likely N-dealkylation sites (tertiary alicyclic amines) is 1. The minimum Gasteiger partial charge on any atom is -0.426 e. The Kier molecular flexibility index (Phi) is 3.72. The first-order valence-electron chi connectivity index (χ1n) is 7.57. The van der Waals surface area contributed by atoms with E-state index in [9.17, 15) is 4.79 Å². The molecule has 4 nitrogen and oxygen atoms in total. The quantitative estimate of drug-likeness (QED) is 0.694. The highest BCUT2D eigenvalue weighted by Crippen LogP contribution is 2.30. The van der Waals surface area contributed by atoms with Crippen LogP contribution in [0.15, 0.2) is 24.4 Å². The maximum Gasteiger partial charge on any atom is 0.308 e. The van der Waals surface area contributed by atoms with Crippen molar-refractivity contribution in [3.8, 4) is 5.75 Å². The number of benzene rings is 1. The molecule has 1 N–H and O–H groups in total. The van der Waals surface area contributed by atoms with Crippen LogP contribution in [0.4, 0.5) is 0 Å². The minimum absolute atomic E-state index is 0.278. The van der Waals surface area contributed by atoms with Gasteiger partial charge in [0.25, 0.3) is 0 Å². The van der Waals surface area contributed by atoms with Gasteiger partial charge in [-0.1, -0.05) is 13.0 Å². The molecule has 0 aliphatic carbocycles. The number of hydrogen-bond acceptors (Lipinski definition) is 3. The molecule has 1 aromatic heterocycles. The number of carbonyl (C=O) groups excluding carboxylic acids is 1. The Hall–Kier alpha value is -1.81. The normalized spacial score (nSPS) is 22.2.